The highest BCUT2D eigenvalue weighted by Crippen LogP contribution is 2.37. The summed E-state index contributed by atoms with van der Waals surface area (Å²) in [5, 5.41) is 0. The SMILES string of the molecule is COCCOCCc1cc(OCOC)cc(OCOC)c1-c1ccccc1. The van der Waals surface area contributed by atoms with Crippen molar-refractivity contribution < 1.29 is 28.4 Å². The summed E-state index contributed by atoms with van der Waals surface area (Å²) >= 11 is 0. The van der Waals surface area contributed by atoms with E-state index < -0.39 is 0 Å². The van der Waals surface area contributed by atoms with Crippen LogP contribution in [0.5, 0.6) is 11.5 Å². The molecule has 6 heteroatoms. The van der Waals surface area contributed by atoms with E-state index in [1.165, 1.54) is 0 Å². The van der Waals surface area contributed by atoms with Crippen molar-refractivity contribution in [3.8, 4) is 22.6 Å². The molecule has 0 atom stereocenters. The zero-order valence-corrected chi connectivity index (χ0v) is 16.2. The second-order valence-corrected chi connectivity index (χ2v) is 5.78. The molecular formula is C21H28O6. The monoisotopic (exact) mass is 376 g/mol. The van der Waals surface area contributed by atoms with E-state index >= 15 is 0 Å². The first kappa shape index (κ1) is 21.2. The zero-order chi connectivity index (χ0) is 19.3. The second-order valence-electron chi connectivity index (χ2n) is 5.78. The van der Waals surface area contributed by atoms with Gasteiger partial charge in [-0.15, -0.1) is 0 Å². The molecule has 27 heavy (non-hydrogen) atoms. The Labute approximate surface area is 160 Å². The maximum Gasteiger partial charge on any atom is 0.188 e. The van der Waals surface area contributed by atoms with E-state index in [0.29, 0.717) is 37.7 Å². The largest absolute Gasteiger partial charge is 0.467 e. The molecule has 148 valence electrons. The molecule has 0 fully saturated rings. The number of hydrogen-bond donors (Lipinski definition) is 0. The van der Waals surface area contributed by atoms with Crippen molar-refractivity contribution in [3.05, 3.63) is 48.0 Å². The predicted octanol–water partition coefficient (Wildman–Crippen LogP) is 3.52. The third-order valence-electron chi connectivity index (χ3n) is 3.84. The molecule has 2 rings (SSSR count). The van der Waals surface area contributed by atoms with E-state index in [9.17, 15) is 0 Å². The van der Waals surface area contributed by atoms with Crippen molar-refractivity contribution in [3.63, 3.8) is 0 Å². The molecule has 0 N–H and O–H groups in total. The smallest absolute Gasteiger partial charge is 0.188 e. The van der Waals surface area contributed by atoms with Crippen molar-refractivity contribution in [1.29, 1.82) is 0 Å². The van der Waals surface area contributed by atoms with Crippen molar-refractivity contribution in [2.75, 3.05) is 54.7 Å². The molecule has 0 aliphatic rings. The minimum atomic E-state index is 0.150. The van der Waals surface area contributed by atoms with Crippen LogP contribution in [-0.4, -0.2) is 54.7 Å². The second kappa shape index (κ2) is 12.3. The molecule has 0 radical (unpaired) electrons. The summed E-state index contributed by atoms with van der Waals surface area (Å²) in [6, 6.07) is 14.0. The maximum atomic E-state index is 5.84. The van der Waals surface area contributed by atoms with Crippen molar-refractivity contribution in [1.82, 2.24) is 0 Å². The lowest BCUT2D eigenvalue weighted by Crippen LogP contribution is -2.08. The third kappa shape index (κ3) is 6.84. The van der Waals surface area contributed by atoms with Crippen LogP contribution in [0.2, 0.25) is 0 Å². The summed E-state index contributed by atoms with van der Waals surface area (Å²) in [5.41, 5.74) is 3.14. The van der Waals surface area contributed by atoms with Crippen molar-refractivity contribution in [2.24, 2.45) is 0 Å². The Morgan fingerprint density at radius 1 is 0.741 bits per heavy atom. The average molecular weight is 376 g/mol. The van der Waals surface area contributed by atoms with Crippen LogP contribution in [0, 0.1) is 0 Å². The van der Waals surface area contributed by atoms with Crippen LogP contribution in [0.3, 0.4) is 0 Å². The van der Waals surface area contributed by atoms with Gasteiger partial charge in [0.2, 0.25) is 0 Å². The third-order valence-corrected chi connectivity index (χ3v) is 3.84. The van der Waals surface area contributed by atoms with Gasteiger partial charge in [0.15, 0.2) is 13.6 Å². The molecule has 0 spiro atoms. The van der Waals surface area contributed by atoms with Gasteiger partial charge in [0.05, 0.1) is 19.8 Å². The number of rotatable bonds is 13. The average Bonchev–Trinajstić information content (AvgIpc) is 2.71. The fourth-order valence-corrected chi connectivity index (χ4v) is 2.65. The minimum Gasteiger partial charge on any atom is -0.467 e. The van der Waals surface area contributed by atoms with Crippen molar-refractivity contribution in [2.45, 2.75) is 6.42 Å². The Morgan fingerprint density at radius 3 is 2.19 bits per heavy atom. The lowest BCUT2D eigenvalue weighted by Gasteiger charge is -2.18. The van der Waals surface area contributed by atoms with Gasteiger partial charge in [-0.2, -0.15) is 0 Å². The molecule has 0 bridgehead atoms. The van der Waals surface area contributed by atoms with E-state index in [-0.39, 0.29) is 13.6 Å². The molecule has 0 aromatic heterocycles. The summed E-state index contributed by atoms with van der Waals surface area (Å²) in [6.07, 6.45) is 0.710. The molecule has 0 aliphatic heterocycles. The van der Waals surface area contributed by atoms with Gasteiger partial charge < -0.3 is 28.4 Å². The Bertz CT molecular complexity index is 659. The predicted molar refractivity (Wildman–Crippen MR) is 103 cm³/mol. The van der Waals surface area contributed by atoms with Gasteiger partial charge in [-0.25, -0.2) is 0 Å². The van der Waals surface area contributed by atoms with E-state index in [2.05, 4.69) is 12.1 Å². The van der Waals surface area contributed by atoms with Crippen LogP contribution in [0.15, 0.2) is 42.5 Å². The summed E-state index contributed by atoms with van der Waals surface area (Å²) in [4.78, 5) is 0. The van der Waals surface area contributed by atoms with Crippen LogP contribution < -0.4 is 9.47 Å². The lowest BCUT2D eigenvalue weighted by molar-refractivity contribution is 0.0461. The molecule has 2 aromatic carbocycles. The number of methoxy groups -OCH3 is 3. The quantitative estimate of drug-likeness (QED) is 0.394. The zero-order valence-electron chi connectivity index (χ0n) is 16.2. The van der Waals surface area contributed by atoms with Gasteiger partial charge in [0.1, 0.15) is 11.5 Å². The fourth-order valence-electron chi connectivity index (χ4n) is 2.65. The molecule has 0 saturated carbocycles. The van der Waals surface area contributed by atoms with Crippen LogP contribution >= 0.6 is 0 Å². The topological polar surface area (TPSA) is 55.4 Å². The molecule has 0 saturated heterocycles. The highest BCUT2D eigenvalue weighted by atomic mass is 16.7. The molecular weight excluding hydrogens is 348 g/mol. The Balaban J connectivity index is 2.34. The minimum absolute atomic E-state index is 0.150. The number of hydrogen-bond acceptors (Lipinski definition) is 6. The van der Waals surface area contributed by atoms with Gasteiger partial charge in [0.25, 0.3) is 0 Å². The standard InChI is InChI=1S/C21H28O6/c1-22-11-12-25-10-9-18-13-19(26-15-23-2)14-20(27-16-24-3)21(18)17-7-5-4-6-8-17/h4-8,13-14H,9-12,15-16H2,1-3H3. The van der Waals surface area contributed by atoms with Gasteiger partial charge in [-0.05, 0) is 23.6 Å². The van der Waals surface area contributed by atoms with Crippen LogP contribution in [0.1, 0.15) is 5.56 Å². The summed E-state index contributed by atoms with van der Waals surface area (Å²) in [6.45, 7) is 2.02. The van der Waals surface area contributed by atoms with Crippen LogP contribution in [-0.2, 0) is 25.4 Å². The summed E-state index contributed by atoms with van der Waals surface area (Å²) in [7, 11) is 4.84. The normalized spacial score (nSPS) is 10.8. The molecule has 2 aromatic rings. The van der Waals surface area contributed by atoms with Gasteiger partial charge in [-0.3, -0.25) is 0 Å². The molecule has 0 aliphatic carbocycles. The number of benzene rings is 2. The van der Waals surface area contributed by atoms with Gasteiger partial charge in [0, 0.05) is 33.0 Å². The van der Waals surface area contributed by atoms with Crippen LogP contribution in [0.25, 0.3) is 11.1 Å². The molecule has 0 heterocycles. The first-order valence-electron chi connectivity index (χ1n) is 8.82. The molecule has 0 amide bonds. The van der Waals surface area contributed by atoms with E-state index in [1.54, 1.807) is 21.3 Å². The van der Waals surface area contributed by atoms with E-state index in [0.717, 1.165) is 16.7 Å². The van der Waals surface area contributed by atoms with E-state index in [1.807, 2.05) is 30.3 Å². The first-order valence-corrected chi connectivity index (χ1v) is 8.82. The summed E-state index contributed by atoms with van der Waals surface area (Å²) in [5.74, 6) is 1.37. The molecule has 0 unspecified atom stereocenters. The van der Waals surface area contributed by atoms with Gasteiger partial charge in [-0.1, -0.05) is 30.3 Å². The van der Waals surface area contributed by atoms with Gasteiger partial charge >= 0.3 is 0 Å². The van der Waals surface area contributed by atoms with E-state index in [4.69, 9.17) is 28.4 Å². The number of ether oxygens (including phenoxy) is 6. The molecule has 6 nitrogen and oxygen atoms in total. The fraction of sp³-hybridized carbons (Fsp3) is 0.429. The maximum absolute atomic E-state index is 5.84. The Kier molecular flexibility index (Phi) is 9.65. The first-order chi connectivity index (χ1) is 13.3. The highest BCUT2D eigenvalue weighted by Gasteiger charge is 2.15. The highest BCUT2D eigenvalue weighted by molar-refractivity contribution is 5.75. The van der Waals surface area contributed by atoms with Crippen molar-refractivity contribution >= 4 is 0 Å². The lowest BCUT2D eigenvalue weighted by atomic mass is 9.96. The van der Waals surface area contributed by atoms with Crippen LogP contribution in [0.4, 0.5) is 0 Å². The Morgan fingerprint density at radius 2 is 1.48 bits per heavy atom. The summed E-state index contributed by atoms with van der Waals surface area (Å²) < 4.78 is 32.3. The Hall–Kier alpha value is -2.12.